The third-order valence-electron chi connectivity index (χ3n) is 3.68. The first-order valence-electron chi connectivity index (χ1n) is 7.06. The van der Waals surface area contributed by atoms with Gasteiger partial charge in [0.25, 0.3) is 0 Å². The van der Waals surface area contributed by atoms with E-state index in [4.69, 9.17) is 0 Å². The Hall–Kier alpha value is -1.96. The molecule has 2 nitrogen and oxygen atoms in total. The molecule has 0 unspecified atom stereocenters. The predicted molar refractivity (Wildman–Crippen MR) is 88.7 cm³/mol. The lowest BCUT2D eigenvalue weighted by Gasteiger charge is -2.19. The van der Waals surface area contributed by atoms with Gasteiger partial charge < -0.3 is 10.2 Å². The Balaban J connectivity index is 2.22. The highest BCUT2D eigenvalue weighted by Crippen LogP contribution is 2.25. The third kappa shape index (κ3) is 3.13. The van der Waals surface area contributed by atoms with Crippen LogP contribution in [-0.4, -0.2) is 14.1 Å². The van der Waals surface area contributed by atoms with Gasteiger partial charge in [0.05, 0.1) is 11.4 Å². The van der Waals surface area contributed by atoms with Gasteiger partial charge in [-0.25, -0.2) is 0 Å². The Morgan fingerprint density at radius 1 is 0.950 bits per heavy atom. The summed E-state index contributed by atoms with van der Waals surface area (Å²) < 4.78 is 0. The zero-order valence-corrected chi connectivity index (χ0v) is 13.1. The number of nitrogens with one attached hydrogen (secondary N) is 1. The first kappa shape index (κ1) is 14.4. The Morgan fingerprint density at radius 2 is 1.55 bits per heavy atom. The van der Waals surface area contributed by atoms with Crippen molar-refractivity contribution in [2.24, 2.45) is 0 Å². The summed E-state index contributed by atoms with van der Waals surface area (Å²) in [5.74, 6) is 0. The second-order valence-corrected chi connectivity index (χ2v) is 5.64. The molecule has 0 aromatic heterocycles. The average Bonchev–Trinajstić information content (AvgIpc) is 2.37. The van der Waals surface area contributed by atoms with Gasteiger partial charge in [-0.2, -0.15) is 0 Å². The van der Waals surface area contributed by atoms with Gasteiger partial charge in [0.15, 0.2) is 0 Å². The van der Waals surface area contributed by atoms with E-state index in [1.807, 2.05) is 0 Å². The molecule has 2 rings (SSSR count). The van der Waals surface area contributed by atoms with Gasteiger partial charge in [-0.1, -0.05) is 29.8 Å². The number of nitrogens with zero attached hydrogens (tertiary/aromatic N) is 1. The summed E-state index contributed by atoms with van der Waals surface area (Å²) in [6, 6.07) is 12.9. The Morgan fingerprint density at radius 3 is 2.15 bits per heavy atom. The molecule has 2 heteroatoms. The lowest BCUT2D eigenvalue weighted by atomic mass is 10.00. The van der Waals surface area contributed by atoms with Crippen LogP contribution < -0.4 is 10.2 Å². The monoisotopic (exact) mass is 268 g/mol. The summed E-state index contributed by atoms with van der Waals surface area (Å²) in [6.45, 7) is 7.39. The van der Waals surface area contributed by atoms with Gasteiger partial charge in [-0.05, 0) is 49.6 Å². The number of hydrogen-bond acceptors (Lipinski definition) is 2. The van der Waals surface area contributed by atoms with Crippen LogP contribution in [0.25, 0.3) is 0 Å². The summed E-state index contributed by atoms with van der Waals surface area (Å²) in [7, 11) is 4.14. The van der Waals surface area contributed by atoms with E-state index in [-0.39, 0.29) is 0 Å². The molecular formula is C18H24N2. The van der Waals surface area contributed by atoms with Crippen molar-refractivity contribution >= 4 is 11.4 Å². The van der Waals surface area contributed by atoms with Crippen LogP contribution in [0.15, 0.2) is 36.4 Å². The second-order valence-electron chi connectivity index (χ2n) is 5.64. The molecule has 20 heavy (non-hydrogen) atoms. The van der Waals surface area contributed by atoms with E-state index in [0.29, 0.717) is 0 Å². The molecule has 0 fully saturated rings. The molecule has 0 aliphatic heterocycles. The molecule has 106 valence electrons. The molecule has 0 aliphatic rings. The van der Waals surface area contributed by atoms with Crippen LogP contribution >= 0.6 is 0 Å². The Labute approximate surface area is 122 Å². The van der Waals surface area contributed by atoms with Gasteiger partial charge in [-0.3, -0.25) is 0 Å². The van der Waals surface area contributed by atoms with Crippen LogP contribution in [-0.2, 0) is 6.54 Å². The van der Waals surface area contributed by atoms with Crippen molar-refractivity contribution in [3.8, 4) is 0 Å². The largest absolute Gasteiger partial charge is 0.379 e. The number of rotatable bonds is 4. The van der Waals surface area contributed by atoms with Gasteiger partial charge >= 0.3 is 0 Å². The van der Waals surface area contributed by atoms with Crippen molar-refractivity contribution in [3.05, 3.63) is 58.7 Å². The van der Waals surface area contributed by atoms with Crippen molar-refractivity contribution in [2.75, 3.05) is 24.3 Å². The highest BCUT2D eigenvalue weighted by atomic mass is 15.1. The standard InChI is InChI=1S/C18H24N2/c1-13-10-14(2)16(15(3)11-13)12-19-17-8-6-7-9-18(17)20(4)5/h6-11,19H,12H2,1-5H3. The van der Waals surface area contributed by atoms with E-state index in [1.165, 1.54) is 33.6 Å². The predicted octanol–water partition coefficient (Wildman–Crippen LogP) is 4.29. The van der Waals surface area contributed by atoms with Gasteiger partial charge in [-0.15, -0.1) is 0 Å². The number of anilines is 2. The molecule has 2 aromatic carbocycles. The summed E-state index contributed by atoms with van der Waals surface area (Å²) in [6.07, 6.45) is 0. The van der Waals surface area contributed by atoms with Crippen molar-refractivity contribution < 1.29 is 0 Å². The Bertz CT molecular complexity index is 577. The first-order chi connectivity index (χ1) is 9.49. The van der Waals surface area contributed by atoms with Crippen LogP contribution in [0.5, 0.6) is 0 Å². The van der Waals surface area contributed by atoms with Gasteiger partial charge in [0.2, 0.25) is 0 Å². The summed E-state index contributed by atoms with van der Waals surface area (Å²) in [5.41, 5.74) is 7.84. The van der Waals surface area contributed by atoms with E-state index >= 15 is 0 Å². The minimum atomic E-state index is 0.864. The van der Waals surface area contributed by atoms with Crippen LogP contribution in [0.3, 0.4) is 0 Å². The molecule has 2 aromatic rings. The molecule has 0 bridgehead atoms. The maximum Gasteiger partial charge on any atom is 0.0596 e. The second kappa shape index (κ2) is 6.00. The first-order valence-corrected chi connectivity index (χ1v) is 7.06. The number of para-hydroxylation sites is 2. The smallest absolute Gasteiger partial charge is 0.0596 e. The van der Waals surface area contributed by atoms with E-state index in [0.717, 1.165) is 6.54 Å². The fourth-order valence-electron chi connectivity index (χ4n) is 2.69. The Kier molecular flexibility index (Phi) is 4.33. The van der Waals surface area contributed by atoms with E-state index in [1.54, 1.807) is 0 Å². The zero-order valence-electron chi connectivity index (χ0n) is 13.1. The molecular weight excluding hydrogens is 244 g/mol. The number of aryl methyl sites for hydroxylation is 3. The molecule has 0 spiro atoms. The highest BCUT2D eigenvalue weighted by Gasteiger charge is 2.06. The van der Waals surface area contributed by atoms with Crippen molar-refractivity contribution in [2.45, 2.75) is 27.3 Å². The minimum absolute atomic E-state index is 0.864. The molecule has 0 saturated heterocycles. The van der Waals surface area contributed by atoms with Gasteiger partial charge in [0, 0.05) is 20.6 Å². The molecule has 0 amide bonds. The summed E-state index contributed by atoms with van der Waals surface area (Å²) in [5, 5.41) is 3.57. The van der Waals surface area contributed by atoms with Crippen LogP contribution in [0, 0.1) is 20.8 Å². The lowest BCUT2D eigenvalue weighted by molar-refractivity contribution is 1.07. The minimum Gasteiger partial charge on any atom is -0.379 e. The molecule has 1 N–H and O–H groups in total. The van der Waals surface area contributed by atoms with Gasteiger partial charge in [0.1, 0.15) is 0 Å². The lowest BCUT2D eigenvalue weighted by Crippen LogP contribution is -2.12. The SMILES string of the molecule is Cc1cc(C)c(CNc2ccccc2N(C)C)c(C)c1. The normalized spacial score (nSPS) is 10.4. The average molecular weight is 268 g/mol. The highest BCUT2D eigenvalue weighted by molar-refractivity contribution is 5.69. The summed E-state index contributed by atoms with van der Waals surface area (Å²) in [4.78, 5) is 2.14. The fourth-order valence-corrected chi connectivity index (χ4v) is 2.69. The topological polar surface area (TPSA) is 15.3 Å². The number of benzene rings is 2. The van der Waals surface area contributed by atoms with E-state index in [9.17, 15) is 0 Å². The maximum absolute atomic E-state index is 3.57. The van der Waals surface area contributed by atoms with Crippen LogP contribution in [0.1, 0.15) is 22.3 Å². The van der Waals surface area contributed by atoms with Crippen molar-refractivity contribution in [1.82, 2.24) is 0 Å². The quantitative estimate of drug-likeness (QED) is 0.890. The molecule has 0 aliphatic carbocycles. The van der Waals surface area contributed by atoms with E-state index < -0.39 is 0 Å². The third-order valence-corrected chi connectivity index (χ3v) is 3.68. The van der Waals surface area contributed by atoms with E-state index in [2.05, 4.69) is 81.5 Å². The molecule has 0 saturated carbocycles. The number of hydrogen-bond donors (Lipinski definition) is 1. The maximum atomic E-state index is 3.57. The van der Waals surface area contributed by atoms with Crippen molar-refractivity contribution in [3.63, 3.8) is 0 Å². The molecule has 0 heterocycles. The van der Waals surface area contributed by atoms with Crippen molar-refractivity contribution in [1.29, 1.82) is 0 Å². The summed E-state index contributed by atoms with van der Waals surface area (Å²) >= 11 is 0. The fraction of sp³-hybridized carbons (Fsp3) is 0.333. The van der Waals surface area contributed by atoms with Crippen LogP contribution in [0.2, 0.25) is 0 Å². The molecule has 0 atom stereocenters. The van der Waals surface area contributed by atoms with Crippen LogP contribution in [0.4, 0.5) is 11.4 Å². The molecule has 0 radical (unpaired) electrons. The zero-order chi connectivity index (χ0) is 14.7.